The number of piperazine rings is 1. The van der Waals surface area contributed by atoms with Gasteiger partial charge in [0.05, 0.1) is 13.2 Å². The van der Waals surface area contributed by atoms with Crippen molar-refractivity contribution in [1.29, 1.82) is 0 Å². The summed E-state index contributed by atoms with van der Waals surface area (Å²) in [5, 5.41) is 0. The molecule has 3 aliphatic carbocycles. The molecule has 2 aliphatic heterocycles. The highest BCUT2D eigenvalue weighted by atomic mass is 16.5. The predicted octanol–water partition coefficient (Wildman–Crippen LogP) is 5.57. The maximum atomic E-state index is 5.63. The molecule has 0 N–H and O–H groups in total. The summed E-state index contributed by atoms with van der Waals surface area (Å²) < 4.78 is 5.63. The Hall–Kier alpha value is -1.52. The van der Waals surface area contributed by atoms with Crippen LogP contribution in [0.4, 0.5) is 11.4 Å². The second-order valence-corrected chi connectivity index (χ2v) is 11.5. The van der Waals surface area contributed by atoms with Crippen LogP contribution in [0.1, 0.15) is 69.8 Å². The van der Waals surface area contributed by atoms with Crippen LogP contribution in [-0.2, 0) is 4.74 Å². The Morgan fingerprint density at radius 3 is 2.33 bits per heavy atom. The van der Waals surface area contributed by atoms with Crippen molar-refractivity contribution in [1.82, 2.24) is 4.90 Å². The lowest BCUT2D eigenvalue weighted by atomic mass is 9.65. The second kappa shape index (κ2) is 9.62. The van der Waals surface area contributed by atoms with Gasteiger partial charge in [-0.25, -0.2) is 0 Å². The lowest BCUT2D eigenvalue weighted by Gasteiger charge is -2.41. The Labute approximate surface area is 200 Å². The first-order chi connectivity index (χ1) is 16.3. The predicted molar refractivity (Wildman–Crippen MR) is 138 cm³/mol. The van der Waals surface area contributed by atoms with Crippen molar-refractivity contribution in [3.05, 3.63) is 29.8 Å². The first-order valence-corrected chi connectivity index (χ1v) is 13.9. The lowest BCUT2D eigenvalue weighted by molar-refractivity contribution is 0.122. The molecule has 2 saturated heterocycles. The minimum Gasteiger partial charge on any atom is -0.378 e. The summed E-state index contributed by atoms with van der Waals surface area (Å²) in [4.78, 5) is 7.92. The Morgan fingerprint density at radius 1 is 0.848 bits per heavy atom. The number of anilines is 2. The highest BCUT2D eigenvalue weighted by Crippen LogP contribution is 2.49. The van der Waals surface area contributed by atoms with Crippen molar-refractivity contribution in [2.24, 2.45) is 11.3 Å². The van der Waals surface area contributed by atoms with E-state index in [-0.39, 0.29) is 0 Å². The molecule has 2 saturated carbocycles. The molecule has 0 amide bonds. The standard InChI is InChI=1S/C29H43N3O/c1-2-10-29(11-3-1)12-8-25(9-13-29)27-22-26(31-18-20-33-21-19-31)6-7-28(27)32-16-14-30(15-17-32)23-24-4-5-24/h6-8,22,24H,1-5,9-21,23H2. The third-order valence-corrected chi connectivity index (χ3v) is 9.25. The van der Waals surface area contributed by atoms with Crippen LogP contribution in [-0.4, -0.2) is 63.9 Å². The van der Waals surface area contributed by atoms with E-state index >= 15 is 0 Å². The zero-order chi connectivity index (χ0) is 22.1. The van der Waals surface area contributed by atoms with Gasteiger partial charge in [0.2, 0.25) is 0 Å². The molecule has 1 aromatic carbocycles. The zero-order valence-electron chi connectivity index (χ0n) is 20.6. The van der Waals surface area contributed by atoms with Crippen molar-refractivity contribution in [2.75, 3.05) is 68.8 Å². The number of allylic oxidation sites excluding steroid dienone is 2. The summed E-state index contributed by atoms with van der Waals surface area (Å²) in [7, 11) is 0. The number of benzene rings is 1. The lowest BCUT2D eigenvalue weighted by Crippen LogP contribution is -2.47. The van der Waals surface area contributed by atoms with Gasteiger partial charge in [-0.1, -0.05) is 25.3 Å². The first kappa shape index (κ1) is 22.0. The maximum absolute atomic E-state index is 5.63. The molecule has 0 atom stereocenters. The molecule has 1 aromatic rings. The van der Waals surface area contributed by atoms with E-state index in [0.717, 1.165) is 32.2 Å². The molecule has 0 unspecified atom stereocenters. The van der Waals surface area contributed by atoms with E-state index in [0.29, 0.717) is 5.41 Å². The highest BCUT2D eigenvalue weighted by molar-refractivity contribution is 5.80. The van der Waals surface area contributed by atoms with Crippen LogP contribution in [0.2, 0.25) is 0 Å². The molecule has 0 aromatic heterocycles. The third kappa shape index (κ3) is 4.98. The number of ether oxygens (including phenoxy) is 1. The Kier molecular flexibility index (Phi) is 6.41. The van der Waals surface area contributed by atoms with E-state index in [9.17, 15) is 0 Å². The van der Waals surface area contributed by atoms with Gasteiger partial charge in [0.25, 0.3) is 0 Å². The van der Waals surface area contributed by atoms with E-state index in [4.69, 9.17) is 4.74 Å². The Balaban J connectivity index is 1.24. The molecule has 5 aliphatic rings. The van der Waals surface area contributed by atoms with Gasteiger partial charge in [-0.15, -0.1) is 0 Å². The van der Waals surface area contributed by atoms with Crippen LogP contribution < -0.4 is 9.80 Å². The van der Waals surface area contributed by atoms with Crippen molar-refractivity contribution in [3.63, 3.8) is 0 Å². The summed E-state index contributed by atoms with van der Waals surface area (Å²) in [5.41, 5.74) is 6.65. The largest absolute Gasteiger partial charge is 0.378 e. The molecule has 6 rings (SSSR count). The molecule has 4 nitrogen and oxygen atoms in total. The number of morpholine rings is 1. The van der Waals surface area contributed by atoms with E-state index in [1.54, 1.807) is 5.57 Å². The Morgan fingerprint density at radius 2 is 1.64 bits per heavy atom. The number of nitrogens with zero attached hydrogens (tertiary/aromatic N) is 3. The average molecular weight is 450 g/mol. The summed E-state index contributed by atoms with van der Waals surface area (Å²) in [6.45, 7) is 9.87. The van der Waals surface area contributed by atoms with Crippen molar-refractivity contribution < 1.29 is 4.74 Å². The zero-order valence-corrected chi connectivity index (χ0v) is 20.6. The normalized spacial score (nSPS) is 26.5. The van der Waals surface area contributed by atoms with Crippen LogP contribution in [0.15, 0.2) is 24.3 Å². The average Bonchev–Trinajstić information content (AvgIpc) is 3.70. The van der Waals surface area contributed by atoms with E-state index in [2.05, 4.69) is 39.0 Å². The van der Waals surface area contributed by atoms with Crippen molar-refractivity contribution >= 4 is 16.9 Å². The SMILES string of the molecule is C1=C(c2cc(N3CCOCC3)ccc2N2CCN(CC3CC3)CC2)CCC2(C1)CCCCC2. The molecule has 2 heterocycles. The van der Waals surface area contributed by atoms with Crippen LogP contribution >= 0.6 is 0 Å². The molecule has 4 heteroatoms. The van der Waals surface area contributed by atoms with Crippen LogP contribution in [0.3, 0.4) is 0 Å². The van der Waals surface area contributed by atoms with Crippen LogP contribution in [0.5, 0.6) is 0 Å². The summed E-state index contributed by atoms with van der Waals surface area (Å²) in [5.74, 6) is 0.999. The topological polar surface area (TPSA) is 19.0 Å². The number of hydrogen-bond donors (Lipinski definition) is 0. The molecule has 180 valence electrons. The number of hydrogen-bond acceptors (Lipinski definition) is 4. The van der Waals surface area contributed by atoms with Crippen molar-refractivity contribution in [2.45, 2.75) is 64.2 Å². The van der Waals surface area contributed by atoms with Gasteiger partial charge < -0.3 is 14.5 Å². The van der Waals surface area contributed by atoms with E-state index in [1.807, 2.05) is 0 Å². The maximum Gasteiger partial charge on any atom is 0.0642 e. The molecule has 1 spiro atoms. The fraction of sp³-hybridized carbons (Fsp3) is 0.724. The Bertz CT molecular complexity index is 840. The fourth-order valence-electron chi connectivity index (χ4n) is 6.86. The van der Waals surface area contributed by atoms with Gasteiger partial charge in [-0.05, 0) is 80.1 Å². The highest BCUT2D eigenvalue weighted by Gasteiger charge is 2.34. The third-order valence-electron chi connectivity index (χ3n) is 9.25. The molecular weight excluding hydrogens is 406 g/mol. The van der Waals surface area contributed by atoms with Gasteiger partial charge in [-0.3, -0.25) is 4.90 Å². The quantitative estimate of drug-likeness (QED) is 0.585. The first-order valence-electron chi connectivity index (χ1n) is 13.9. The van der Waals surface area contributed by atoms with Gasteiger partial charge in [0.15, 0.2) is 0 Å². The minimum atomic E-state index is 0.623. The van der Waals surface area contributed by atoms with Crippen LogP contribution in [0.25, 0.3) is 5.57 Å². The van der Waals surface area contributed by atoms with Crippen LogP contribution in [0, 0.1) is 11.3 Å². The molecule has 4 fully saturated rings. The summed E-state index contributed by atoms with van der Waals surface area (Å²) in [6.07, 6.45) is 16.8. The van der Waals surface area contributed by atoms with Gasteiger partial charge in [-0.2, -0.15) is 0 Å². The van der Waals surface area contributed by atoms with E-state index < -0.39 is 0 Å². The smallest absolute Gasteiger partial charge is 0.0642 e. The molecular formula is C29H43N3O. The monoisotopic (exact) mass is 449 g/mol. The summed E-state index contributed by atoms with van der Waals surface area (Å²) in [6, 6.07) is 7.36. The molecule has 33 heavy (non-hydrogen) atoms. The molecule has 0 bridgehead atoms. The van der Waals surface area contributed by atoms with Gasteiger partial charge in [0.1, 0.15) is 0 Å². The van der Waals surface area contributed by atoms with E-state index in [1.165, 1.54) is 114 Å². The van der Waals surface area contributed by atoms with Crippen molar-refractivity contribution in [3.8, 4) is 0 Å². The molecule has 0 radical (unpaired) electrons. The second-order valence-electron chi connectivity index (χ2n) is 11.5. The number of rotatable bonds is 5. The van der Waals surface area contributed by atoms with Gasteiger partial charge in [0, 0.05) is 62.8 Å². The summed E-state index contributed by atoms with van der Waals surface area (Å²) >= 11 is 0. The fourth-order valence-corrected chi connectivity index (χ4v) is 6.86. The van der Waals surface area contributed by atoms with Gasteiger partial charge >= 0.3 is 0 Å². The minimum absolute atomic E-state index is 0.623.